The minimum Gasteiger partial charge on any atom is -0.298 e. The van der Waals surface area contributed by atoms with Crippen LogP contribution in [-0.2, 0) is 35.2 Å². The van der Waals surface area contributed by atoms with Crippen LogP contribution >= 0.6 is 11.8 Å². The molecule has 5 nitrogen and oxygen atoms in total. The molecule has 1 fully saturated rings. The van der Waals surface area contributed by atoms with Gasteiger partial charge in [0.25, 0.3) is 0 Å². The van der Waals surface area contributed by atoms with Crippen molar-refractivity contribution < 1.29 is 14.4 Å². The Kier molecular flexibility index (Phi) is 8.56. The topological polar surface area (TPSA) is 66.5 Å². The van der Waals surface area contributed by atoms with Crippen LogP contribution < -0.4 is 4.72 Å². The summed E-state index contributed by atoms with van der Waals surface area (Å²) in [6.07, 6.45) is 4.86. The number of unbranched alkanes of at least 4 members (excludes halogenated alkanes) is 2. The van der Waals surface area contributed by atoms with Crippen molar-refractivity contribution in [3.63, 3.8) is 0 Å². The van der Waals surface area contributed by atoms with Gasteiger partial charge in [0.05, 0.1) is 5.25 Å². The summed E-state index contributed by atoms with van der Waals surface area (Å²) < 4.78 is 2.70. The van der Waals surface area contributed by atoms with Gasteiger partial charge in [-0.05, 0) is 38.9 Å². The van der Waals surface area contributed by atoms with Crippen LogP contribution in [0.25, 0.3) is 0 Å². The van der Waals surface area contributed by atoms with E-state index in [1.807, 2.05) is 13.8 Å². The Bertz CT molecular complexity index is 455. The van der Waals surface area contributed by atoms with Crippen LogP contribution in [0.1, 0.15) is 46.0 Å². The lowest BCUT2D eigenvalue weighted by molar-refractivity contribution is -0.138. The SMILES string of the molecule is CC(C)SC1CC(=O)N(CCCCCC(=O)NS(C)=S)C1=O. The quantitative estimate of drug-likeness (QED) is 0.497. The fourth-order valence-electron chi connectivity index (χ4n) is 2.27. The van der Waals surface area contributed by atoms with E-state index in [9.17, 15) is 14.4 Å². The van der Waals surface area contributed by atoms with Crippen LogP contribution in [0.2, 0.25) is 0 Å². The molecule has 1 N–H and O–H groups in total. The number of nitrogens with one attached hydrogen (secondary N) is 1. The molecular formula is C14H24N2O3S3. The van der Waals surface area contributed by atoms with Gasteiger partial charge in [-0.1, -0.05) is 20.3 Å². The van der Waals surface area contributed by atoms with Gasteiger partial charge >= 0.3 is 0 Å². The molecule has 0 aromatic heterocycles. The molecule has 0 spiro atoms. The number of carbonyl (C=O) groups is 3. The van der Waals surface area contributed by atoms with Crippen molar-refractivity contribution in [1.82, 2.24) is 9.62 Å². The van der Waals surface area contributed by atoms with Crippen molar-refractivity contribution in [1.29, 1.82) is 0 Å². The maximum absolute atomic E-state index is 12.2. The minimum absolute atomic E-state index is 0.0254. The van der Waals surface area contributed by atoms with E-state index in [0.717, 1.165) is 19.3 Å². The molecule has 1 heterocycles. The number of hydrogen-bond acceptors (Lipinski definition) is 5. The molecule has 8 heteroatoms. The Hall–Kier alpha value is -0.470. The molecule has 0 aliphatic carbocycles. The minimum atomic E-state index is -0.490. The standard InChI is InChI=1S/C14H24N2O3S3/c1-10(2)21-11-9-13(18)16(14(11)19)8-6-4-5-7-12(17)15-22(3)20/h10-11H,4-9H2,1-3H3,(H,15,17). The Morgan fingerprint density at radius 3 is 2.68 bits per heavy atom. The van der Waals surface area contributed by atoms with E-state index in [-0.39, 0.29) is 23.0 Å². The summed E-state index contributed by atoms with van der Waals surface area (Å²) in [5, 5.41) is 0.125. The van der Waals surface area contributed by atoms with Gasteiger partial charge in [-0.15, -0.1) is 11.8 Å². The summed E-state index contributed by atoms with van der Waals surface area (Å²) >= 11 is 6.47. The van der Waals surface area contributed by atoms with Crippen molar-refractivity contribution in [3.05, 3.63) is 0 Å². The van der Waals surface area contributed by atoms with Crippen molar-refractivity contribution in [3.8, 4) is 0 Å². The van der Waals surface area contributed by atoms with Gasteiger partial charge < -0.3 is 0 Å². The van der Waals surface area contributed by atoms with E-state index in [0.29, 0.717) is 24.6 Å². The fourth-order valence-corrected chi connectivity index (χ4v) is 4.11. The van der Waals surface area contributed by atoms with E-state index in [1.165, 1.54) is 4.90 Å². The fraction of sp³-hybridized carbons (Fsp3) is 0.786. The molecule has 0 radical (unpaired) electrons. The number of thioether (sulfide) groups is 1. The molecule has 0 saturated carbocycles. The molecule has 0 bridgehead atoms. The largest absolute Gasteiger partial charge is 0.298 e. The molecule has 2 atom stereocenters. The summed E-state index contributed by atoms with van der Waals surface area (Å²) in [6.45, 7) is 4.52. The highest BCUT2D eigenvalue weighted by molar-refractivity contribution is 8.27. The second-order valence-corrected chi connectivity index (χ2v) is 9.95. The number of imide groups is 1. The first kappa shape index (κ1) is 19.6. The van der Waals surface area contributed by atoms with Crippen LogP contribution in [0, 0.1) is 0 Å². The zero-order valence-corrected chi connectivity index (χ0v) is 15.7. The highest BCUT2D eigenvalue weighted by atomic mass is 32.8. The van der Waals surface area contributed by atoms with Crippen molar-refractivity contribution in [2.24, 2.45) is 0 Å². The molecule has 1 saturated heterocycles. The molecule has 0 aromatic rings. The lowest BCUT2D eigenvalue weighted by atomic mass is 10.2. The summed E-state index contributed by atoms with van der Waals surface area (Å²) in [4.78, 5) is 36.9. The molecule has 1 aliphatic heterocycles. The van der Waals surface area contributed by atoms with E-state index < -0.39 is 9.64 Å². The van der Waals surface area contributed by atoms with Crippen LogP contribution in [0.15, 0.2) is 0 Å². The third-order valence-electron chi connectivity index (χ3n) is 3.18. The summed E-state index contributed by atoms with van der Waals surface area (Å²) in [7, 11) is -0.490. The summed E-state index contributed by atoms with van der Waals surface area (Å²) in [6, 6.07) is 0. The first-order valence-electron chi connectivity index (χ1n) is 7.43. The normalized spacial score (nSPS) is 19.8. The van der Waals surface area contributed by atoms with Gasteiger partial charge in [-0.25, -0.2) is 0 Å². The van der Waals surface area contributed by atoms with Crippen molar-refractivity contribution in [2.75, 3.05) is 12.8 Å². The zero-order chi connectivity index (χ0) is 16.7. The lowest BCUT2D eigenvalue weighted by Crippen LogP contribution is -2.32. The van der Waals surface area contributed by atoms with Gasteiger partial charge in [0, 0.05) is 25.6 Å². The zero-order valence-electron chi connectivity index (χ0n) is 13.3. The molecule has 1 rings (SSSR count). The van der Waals surface area contributed by atoms with Gasteiger partial charge in [-0.2, -0.15) is 0 Å². The number of nitrogens with zero attached hydrogens (tertiary/aromatic N) is 1. The third kappa shape index (κ3) is 6.75. The second-order valence-electron chi connectivity index (χ2n) is 5.55. The third-order valence-corrected chi connectivity index (χ3v) is 5.19. The van der Waals surface area contributed by atoms with Gasteiger partial charge in [-0.3, -0.25) is 24.0 Å². The smallest absolute Gasteiger partial charge is 0.242 e. The van der Waals surface area contributed by atoms with Gasteiger partial charge in [0.15, 0.2) is 0 Å². The number of hydrogen-bond donors (Lipinski definition) is 1. The van der Waals surface area contributed by atoms with Crippen molar-refractivity contribution >= 4 is 50.3 Å². The Balaban J connectivity index is 2.24. The summed E-state index contributed by atoms with van der Waals surface area (Å²) in [5.74, 6) is -0.146. The Labute approximate surface area is 143 Å². The molecule has 2 unspecified atom stereocenters. The highest BCUT2D eigenvalue weighted by Crippen LogP contribution is 2.28. The van der Waals surface area contributed by atoms with E-state index in [2.05, 4.69) is 4.72 Å². The summed E-state index contributed by atoms with van der Waals surface area (Å²) in [5.41, 5.74) is 0. The van der Waals surface area contributed by atoms with Gasteiger partial charge in [0.1, 0.15) is 0 Å². The number of carbonyl (C=O) groups excluding carboxylic acids is 3. The molecule has 3 amide bonds. The predicted molar refractivity (Wildman–Crippen MR) is 95.1 cm³/mol. The Morgan fingerprint density at radius 2 is 2.09 bits per heavy atom. The molecule has 1 aliphatic rings. The highest BCUT2D eigenvalue weighted by Gasteiger charge is 2.38. The van der Waals surface area contributed by atoms with Crippen molar-refractivity contribution in [2.45, 2.75) is 56.5 Å². The molecule has 0 aromatic carbocycles. The molecular weight excluding hydrogens is 340 g/mol. The second kappa shape index (κ2) is 9.62. The Morgan fingerprint density at radius 1 is 1.41 bits per heavy atom. The lowest BCUT2D eigenvalue weighted by Gasteiger charge is -2.15. The first-order chi connectivity index (χ1) is 10.3. The first-order valence-corrected chi connectivity index (χ1v) is 10.9. The molecule has 126 valence electrons. The number of amides is 3. The number of likely N-dealkylation sites (tertiary alicyclic amines) is 1. The monoisotopic (exact) mass is 364 g/mol. The van der Waals surface area contributed by atoms with E-state index in [4.69, 9.17) is 11.2 Å². The maximum atomic E-state index is 12.2. The van der Waals surface area contributed by atoms with Crippen LogP contribution in [0.3, 0.4) is 0 Å². The van der Waals surface area contributed by atoms with Crippen LogP contribution in [-0.4, -0.2) is 45.9 Å². The maximum Gasteiger partial charge on any atom is 0.242 e. The van der Waals surface area contributed by atoms with E-state index >= 15 is 0 Å². The average Bonchev–Trinajstić information content (AvgIpc) is 2.63. The average molecular weight is 365 g/mol. The van der Waals surface area contributed by atoms with Crippen LogP contribution in [0.4, 0.5) is 0 Å². The van der Waals surface area contributed by atoms with E-state index in [1.54, 1.807) is 18.0 Å². The van der Waals surface area contributed by atoms with Crippen LogP contribution in [0.5, 0.6) is 0 Å². The van der Waals surface area contributed by atoms with Gasteiger partial charge in [0.2, 0.25) is 17.7 Å². The predicted octanol–water partition coefficient (Wildman–Crippen LogP) is 1.56. The number of rotatable bonds is 9. The molecule has 22 heavy (non-hydrogen) atoms.